The molecule has 0 aliphatic carbocycles. The van der Waals surface area contributed by atoms with Crippen LogP contribution in [0, 0.1) is 0 Å². The van der Waals surface area contributed by atoms with Gasteiger partial charge in [-0.05, 0) is 36.8 Å². The topological polar surface area (TPSA) is 105 Å². The Morgan fingerprint density at radius 1 is 1.15 bits per heavy atom. The third kappa shape index (κ3) is 3.06. The highest BCUT2D eigenvalue weighted by molar-refractivity contribution is 7.90. The van der Waals surface area contributed by atoms with Crippen LogP contribution in [0.25, 0.3) is 10.9 Å². The Hall–Kier alpha value is -3.13. The van der Waals surface area contributed by atoms with E-state index >= 15 is 0 Å². The van der Waals surface area contributed by atoms with Gasteiger partial charge < -0.3 is 10.4 Å². The number of aromatic nitrogens is 1. The zero-order valence-electron chi connectivity index (χ0n) is 13.8. The summed E-state index contributed by atoms with van der Waals surface area (Å²) in [5, 5.41) is 11.8. The molecule has 0 radical (unpaired) electrons. The SMILES string of the molecule is C[C@@H](NC(=O)O)c1ccc2cc(C=O)n(S(=O)(=O)c3ccccc3)c2c1. The maximum absolute atomic E-state index is 13.0. The average molecular weight is 372 g/mol. The van der Waals surface area contributed by atoms with E-state index in [9.17, 15) is 18.0 Å². The largest absolute Gasteiger partial charge is 0.465 e. The Labute approximate surface area is 149 Å². The molecule has 1 aromatic heterocycles. The van der Waals surface area contributed by atoms with Crippen LogP contribution in [0.1, 0.15) is 29.0 Å². The summed E-state index contributed by atoms with van der Waals surface area (Å²) in [6, 6.07) is 13.7. The molecule has 134 valence electrons. The van der Waals surface area contributed by atoms with E-state index in [1.807, 2.05) is 0 Å². The minimum atomic E-state index is -3.98. The van der Waals surface area contributed by atoms with Crippen molar-refractivity contribution in [1.29, 1.82) is 0 Å². The van der Waals surface area contributed by atoms with Crippen molar-refractivity contribution in [3.8, 4) is 0 Å². The fourth-order valence-corrected chi connectivity index (χ4v) is 4.30. The van der Waals surface area contributed by atoms with Crippen molar-refractivity contribution in [2.75, 3.05) is 0 Å². The monoisotopic (exact) mass is 372 g/mol. The highest BCUT2D eigenvalue weighted by atomic mass is 32.2. The van der Waals surface area contributed by atoms with Gasteiger partial charge in [0, 0.05) is 5.39 Å². The number of carboxylic acid groups (broad SMARTS) is 1. The van der Waals surface area contributed by atoms with Gasteiger partial charge in [-0.25, -0.2) is 17.2 Å². The molecule has 1 heterocycles. The summed E-state index contributed by atoms with van der Waals surface area (Å²) in [6.07, 6.45) is -0.697. The molecule has 26 heavy (non-hydrogen) atoms. The zero-order valence-corrected chi connectivity index (χ0v) is 14.6. The number of aldehydes is 1. The number of benzene rings is 2. The number of fused-ring (bicyclic) bond motifs is 1. The molecule has 8 heteroatoms. The number of amides is 1. The van der Waals surface area contributed by atoms with Gasteiger partial charge in [0.2, 0.25) is 0 Å². The van der Waals surface area contributed by atoms with E-state index in [0.29, 0.717) is 22.8 Å². The van der Waals surface area contributed by atoms with Gasteiger partial charge in [-0.15, -0.1) is 0 Å². The van der Waals surface area contributed by atoms with Gasteiger partial charge in [0.1, 0.15) is 0 Å². The first-order valence-electron chi connectivity index (χ1n) is 7.75. The smallest absolute Gasteiger partial charge is 0.405 e. The quantitative estimate of drug-likeness (QED) is 0.670. The van der Waals surface area contributed by atoms with Crippen LogP contribution in [0.4, 0.5) is 4.79 Å². The van der Waals surface area contributed by atoms with Crippen LogP contribution in [0.3, 0.4) is 0 Å². The second-order valence-corrected chi connectivity index (χ2v) is 7.55. The van der Waals surface area contributed by atoms with Gasteiger partial charge in [0.05, 0.1) is 22.1 Å². The lowest BCUT2D eigenvalue weighted by molar-refractivity contribution is 0.111. The Morgan fingerprint density at radius 3 is 2.46 bits per heavy atom. The summed E-state index contributed by atoms with van der Waals surface area (Å²) in [4.78, 5) is 22.4. The van der Waals surface area contributed by atoms with E-state index in [0.717, 1.165) is 3.97 Å². The van der Waals surface area contributed by atoms with Crippen LogP contribution < -0.4 is 5.32 Å². The first-order valence-corrected chi connectivity index (χ1v) is 9.19. The van der Waals surface area contributed by atoms with Crippen LogP contribution >= 0.6 is 0 Å². The second-order valence-electron chi connectivity index (χ2n) is 5.76. The summed E-state index contributed by atoms with van der Waals surface area (Å²) in [5.41, 5.74) is 0.896. The summed E-state index contributed by atoms with van der Waals surface area (Å²) in [6.45, 7) is 1.65. The van der Waals surface area contributed by atoms with Crippen molar-refractivity contribution < 1.29 is 23.1 Å². The molecule has 1 atom stereocenters. The second kappa shape index (κ2) is 6.64. The number of nitrogens with one attached hydrogen (secondary N) is 1. The number of carbonyl (C=O) groups is 2. The summed E-state index contributed by atoms with van der Waals surface area (Å²) in [7, 11) is -3.98. The molecule has 0 spiro atoms. The lowest BCUT2D eigenvalue weighted by atomic mass is 10.1. The molecule has 0 fully saturated rings. The van der Waals surface area contributed by atoms with E-state index in [4.69, 9.17) is 5.11 Å². The van der Waals surface area contributed by atoms with Crippen molar-refractivity contribution in [1.82, 2.24) is 9.29 Å². The molecule has 0 unspecified atom stereocenters. The average Bonchev–Trinajstić information content (AvgIpc) is 3.00. The first kappa shape index (κ1) is 17.7. The molecule has 7 nitrogen and oxygen atoms in total. The number of rotatable bonds is 5. The van der Waals surface area contributed by atoms with Crippen molar-refractivity contribution in [2.24, 2.45) is 0 Å². The summed E-state index contributed by atoms with van der Waals surface area (Å²) < 4.78 is 27.1. The molecule has 0 bridgehead atoms. The molecule has 0 aliphatic heterocycles. The Morgan fingerprint density at radius 2 is 1.85 bits per heavy atom. The van der Waals surface area contributed by atoms with E-state index in [1.54, 1.807) is 43.3 Å². The predicted molar refractivity (Wildman–Crippen MR) is 95.9 cm³/mol. The molecule has 2 aromatic carbocycles. The van der Waals surface area contributed by atoms with Crippen LogP contribution in [0.15, 0.2) is 59.5 Å². The van der Waals surface area contributed by atoms with Gasteiger partial charge in [0.15, 0.2) is 6.29 Å². The molecule has 0 saturated carbocycles. The van der Waals surface area contributed by atoms with Gasteiger partial charge in [-0.2, -0.15) is 0 Å². The van der Waals surface area contributed by atoms with E-state index in [1.165, 1.54) is 18.2 Å². The Balaban J connectivity index is 2.23. The standard InChI is InChI=1S/C18H16N2O5S/c1-12(19-18(22)23)13-7-8-14-9-15(11-21)20(17(14)10-13)26(24,25)16-5-3-2-4-6-16/h2-12,19H,1H3,(H,22,23)/t12-/m1/s1. The first-order chi connectivity index (χ1) is 12.3. The Kier molecular flexibility index (Phi) is 4.52. The highest BCUT2D eigenvalue weighted by Gasteiger charge is 2.23. The van der Waals surface area contributed by atoms with Crippen LogP contribution in [0.5, 0.6) is 0 Å². The molecule has 0 saturated heterocycles. The fourth-order valence-electron chi connectivity index (χ4n) is 2.80. The molecule has 2 N–H and O–H groups in total. The lowest BCUT2D eigenvalue weighted by Gasteiger charge is -2.13. The van der Waals surface area contributed by atoms with Gasteiger partial charge >= 0.3 is 6.09 Å². The van der Waals surface area contributed by atoms with Crippen molar-refractivity contribution in [3.63, 3.8) is 0 Å². The molecular weight excluding hydrogens is 356 g/mol. The maximum Gasteiger partial charge on any atom is 0.405 e. The highest BCUT2D eigenvalue weighted by Crippen LogP contribution is 2.27. The van der Waals surface area contributed by atoms with Crippen molar-refractivity contribution in [3.05, 3.63) is 65.9 Å². The number of hydrogen-bond donors (Lipinski definition) is 2. The number of hydrogen-bond acceptors (Lipinski definition) is 4. The lowest BCUT2D eigenvalue weighted by Crippen LogP contribution is -2.24. The molecule has 3 aromatic rings. The van der Waals surface area contributed by atoms with E-state index in [2.05, 4.69) is 5.32 Å². The van der Waals surface area contributed by atoms with E-state index in [-0.39, 0.29) is 10.6 Å². The van der Waals surface area contributed by atoms with Gasteiger partial charge in [-0.3, -0.25) is 4.79 Å². The molecular formula is C18H16N2O5S. The summed E-state index contributed by atoms with van der Waals surface area (Å²) >= 11 is 0. The Bertz CT molecular complexity index is 1090. The maximum atomic E-state index is 13.0. The van der Waals surface area contributed by atoms with Crippen LogP contribution in [0.2, 0.25) is 0 Å². The normalized spacial score (nSPS) is 12.7. The van der Waals surface area contributed by atoms with Gasteiger partial charge in [0.25, 0.3) is 10.0 Å². The van der Waals surface area contributed by atoms with Crippen LogP contribution in [-0.2, 0) is 10.0 Å². The molecule has 0 aliphatic rings. The summed E-state index contributed by atoms with van der Waals surface area (Å²) in [5.74, 6) is 0. The number of nitrogens with zero attached hydrogens (tertiary/aromatic N) is 1. The van der Waals surface area contributed by atoms with E-state index < -0.39 is 22.2 Å². The third-order valence-electron chi connectivity index (χ3n) is 4.05. The molecule has 3 rings (SSSR count). The van der Waals surface area contributed by atoms with Gasteiger partial charge in [-0.1, -0.05) is 30.3 Å². The van der Waals surface area contributed by atoms with Crippen molar-refractivity contribution in [2.45, 2.75) is 17.9 Å². The molecule has 1 amide bonds. The van der Waals surface area contributed by atoms with Crippen LogP contribution in [-0.4, -0.2) is 29.9 Å². The minimum Gasteiger partial charge on any atom is -0.465 e. The fraction of sp³-hybridized carbons (Fsp3) is 0.111. The predicted octanol–water partition coefficient (Wildman–Crippen LogP) is 3.02. The third-order valence-corrected chi connectivity index (χ3v) is 5.81. The van der Waals surface area contributed by atoms with Crippen molar-refractivity contribution >= 4 is 33.3 Å². The number of carbonyl (C=O) groups excluding carboxylic acids is 1. The zero-order chi connectivity index (χ0) is 18.9. The minimum absolute atomic E-state index is 0.000139.